The van der Waals surface area contributed by atoms with Gasteiger partial charge in [0.05, 0.1) is 11.6 Å². The maximum atomic E-state index is 13.2. The predicted octanol–water partition coefficient (Wildman–Crippen LogP) is 4.48. The number of halogens is 4. The van der Waals surface area contributed by atoms with Crippen molar-refractivity contribution in [2.75, 3.05) is 7.05 Å². The summed E-state index contributed by atoms with van der Waals surface area (Å²) >= 11 is 3.45. The van der Waals surface area contributed by atoms with Gasteiger partial charge >= 0.3 is 6.18 Å². The third-order valence-electron chi connectivity index (χ3n) is 3.29. The number of nitrogens with zero attached hydrogens (tertiary/aromatic N) is 1. The van der Waals surface area contributed by atoms with Crippen molar-refractivity contribution in [1.29, 1.82) is 0 Å². The van der Waals surface area contributed by atoms with Crippen LogP contribution in [-0.2, 0) is 6.18 Å². The van der Waals surface area contributed by atoms with Crippen LogP contribution in [0.3, 0.4) is 0 Å². The normalized spacial score (nSPS) is 13.2. The maximum absolute atomic E-state index is 13.2. The number of alkyl halides is 3. The van der Waals surface area contributed by atoms with Gasteiger partial charge < -0.3 is 5.32 Å². The van der Waals surface area contributed by atoms with Crippen LogP contribution in [0.5, 0.6) is 0 Å². The molecule has 1 unspecified atom stereocenters. The largest absolute Gasteiger partial charge is 0.416 e. The first-order valence-corrected chi connectivity index (χ1v) is 7.09. The lowest BCUT2D eigenvalue weighted by atomic mass is 9.95. The molecule has 2 aromatic rings. The van der Waals surface area contributed by atoms with Gasteiger partial charge in [0.15, 0.2) is 0 Å². The molecule has 0 aliphatic carbocycles. The average molecular weight is 359 g/mol. The third-order valence-corrected chi connectivity index (χ3v) is 4.37. The van der Waals surface area contributed by atoms with Gasteiger partial charge in [-0.3, -0.25) is 4.98 Å². The Kier molecular flexibility index (Phi) is 4.68. The van der Waals surface area contributed by atoms with E-state index in [4.69, 9.17) is 0 Å². The highest BCUT2D eigenvalue weighted by molar-refractivity contribution is 9.10. The Morgan fingerprint density at radius 2 is 1.90 bits per heavy atom. The molecule has 0 spiro atoms. The van der Waals surface area contributed by atoms with E-state index in [2.05, 4.69) is 26.2 Å². The van der Waals surface area contributed by atoms with Crippen molar-refractivity contribution in [2.45, 2.75) is 19.1 Å². The molecule has 1 aromatic carbocycles. The van der Waals surface area contributed by atoms with Crippen molar-refractivity contribution < 1.29 is 13.2 Å². The second-order valence-corrected chi connectivity index (χ2v) is 5.45. The van der Waals surface area contributed by atoms with E-state index in [-0.39, 0.29) is 5.56 Å². The maximum Gasteiger partial charge on any atom is 0.416 e. The lowest BCUT2D eigenvalue weighted by Crippen LogP contribution is -2.22. The number of nitrogens with one attached hydrogen (secondary N) is 1. The van der Waals surface area contributed by atoms with E-state index in [1.165, 1.54) is 6.20 Å². The van der Waals surface area contributed by atoms with Crippen LogP contribution < -0.4 is 5.32 Å². The smallest absolute Gasteiger partial charge is 0.309 e. The molecule has 0 aliphatic rings. The topological polar surface area (TPSA) is 24.9 Å². The summed E-state index contributed by atoms with van der Waals surface area (Å²) in [7, 11) is 1.63. The molecule has 1 aromatic heterocycles. The van der Waals surface area contributed by atoms with E-state index in [1.54, 1.807) is 13.1 Å². The Balaban J connectivity index is 2.60. The Morgan fingerprint density at radius 3 is 2.52 bits per heavy atom. The van der Waals surface area contributed by atoms with Gasteiger partial charge in [-0.05, 0) is 31.2 Å². The summed E-state index contributed by atoms with van der Waals surface area (Å²) in [4.78, 5) is 3.85. The number of aromatic nitrogens is 1. The fraction of sp³-hybridized carbons (Fsp3) is 0.267. The van der Waals surface area contributed by atoms with E-state index < -0.39 is 17.8 Å². The minimum Gasteiger partial charge on any atom is -0.309 e. The van der Waals surface area contributed by atoms with E-state index in [1.807, 2.05) is 19.1 Å². The average Bonchev–Trinajstić information content (AvgIpc) is 2.44. The minimum atomic E-state index is -4.41. The molecule has 1 N–H and O–H groups in total. The van der Waals surface area contributed by atoms with Crippen LogP contribution in [0.25, 0.3) is 0 Å². The molecule has 0 aliphatic heterocycles. The molecule has 6 heteroatoms. The molecular formula is C15H14BrF3N2. The fourth-order valence-corrected chi connectivity index (χ4v) is 2.76. The first-order chi connectivity index (χ1) is 9.86. The number of rotatable bonds is 3. The van der Waals surface area contributed by atoms with Crippen molar-refractivity contribution in [3.8, 4) is 0 Å². The molecule has 0 amide bonds. The summed E-state index contributed by atoms with van der Waals surface area (Å²) in [5, 5.41) is 2.95. The standard InChI is InChI=1S/C15H14BrF3N2/c1-9-4-3-5-10(13(9)16)14(20-2)11-8-21-7-6-12(11)15(17,18)19/h3-8,14,20H,1-2H3. The van der Waals surface area contributed by atoms with Crippen LogP contribution in [-0.4, -0.2) is 12.0 Å². The number of aryl methyl sites for hydroxylation is 1. The summed E-state index contributed by atoms with van der Waals surface area (Å²) in [6.07, 6.45) is -1.99. The second kappa shape index (κ2) is 6.15. The van der Waals surface area contributed by atoms with E-state index in [0.29, 0.717) is 0 Å². The van der Waals surface area contributed by atoms with Gasteiger partial charge in [0, 0.05) is 22.4 Å². The highest BCUT2D eigenvalue weighted by atomic mass is 79.9. The van der Waals surface area contributed by atoms with Crippen LogP contribution in [0, 0.1) is 6.92 Å². The van der Waals surface area contributed by atoms with Crippen LogP contribution in [0.15, 0.2) is 41.1 Å². The molecule has 2 rings (SSSR count). The van der Waals surface area contributed by atoms with Crippen molar-refractivity contribution in [1.82, 2.24) is 10.3 Å². The van der Waals surface area contributed by atoms with Gasteiger partial charge in [-0.1, -0.05) is 34.1 Å². The Bertz CT molecular complexity index is 641. The molecule has 0 fully saturated rings. The number of hydrogen-bond acceptors (Lipinski definition) is 2. The van der Waals surface area contributed by atoms with Crippen LogP contribution in [0.2, 0.25) is 0 Å². The SMILES string of the molecule is CNC(c1cnccc1C(F)(F)F)c1cccc(C)c1Br. The van der Waals surface area contributed by atoms with E-state index in [0.717, 1.165) is 27.9 Å². The highest BCUT2D eigenvalue weighted by Crippen LogP contribution is 2.38. The lowest BCUT2D eigenvalue weighted by molar-refractivity contribution is -0.138. The van der Waals surface area contributed by atoms with Gasteiger partial charge in [-0.15, -0.1) is 0 Å². The van der Waals surface area contributed by atoms with E-state index >= 15 is 0 Å². The summed E-state index contributed by atoms with van der Waals surface area (Å²) in [5.41, 5.74) is 1.14. The molecule has 112 valence electrons. The van der Waals surface area contributed by atoms with Crippen LogP contribution >= 0.6 is 15.9 Å². The number of pyridine rings is 1. The highest BCUT2D eigenvalue weighted by Gasteiger charge is 2.35. The molecule has 0 bridgehead atoms. The quantitative estimate of drug-likeness (QED) is 0.874. The zero-order chi connectivity index (χ0) is 15.6. The summed E-state index contributed by atoms with van der Waals surface area (Å²) in [5.74, 6) is 0. The van der Waals surface area contributed by atoms with Gasteiger partial charge in [-0.2, -0.15) is 13.2 Å². The van der Waals surface area contributed by atoms with E-state index in [9.17, 15) is 13.2 Å². The fourth-order valence-electron chi connectivity index (χ4n) is 2.27. The molecule has 0 radical (unpaired) electrons. The third kappa shape index (κ3) is 3.27. The summed E-state index contributed by atoms with van der Waals surface area (Å²) < 4.78 is 40.3. The monoisotopic (exact) mass is 358 g/mol. The lowest BCUT2D eigenvalue weighted by Gasteiger charge is -2.22. The molecule has 1 heterocycles. The molecule has 1 atom stereocenters. The zero-order valence-electron chi connectivity index (χ0n) is 11.5. The van der Waals surface area contributed by atoms with Crippen molar-refractivity contribution >= 4 is 15.9 Å². The Morgan fingerprint density at radius 1 is 1.19 bits per heavy atom. The van der Waals surface area contributed by atoms with Gasteiger partial charge in [-0.25, -0.2) is 0 Å². The van der Waals surface area contributed by atoms with Gasteiger partial charge in [0.1, 0.15) is 0 Å². The molecule has 21 heavy (non-hydrogen) atoms. The Hall–Kier alpha value is -1.40. The molecule has 0 saturated heterocycles. The first kappa shape index (κ1) is 16.0. The zero-order valence-corrected chi connectivity index (χ0v) is 13.1. The molecule has 2 nitrogen and oxygen atoms in total. The van der Waals surface area contributed by atoms with Crippen molar-refractivity contribution in [2.24, 2.45) is 0 Å². The first-order valence-electron chi connectivity index (χ1n) is 6.29. The summed E-state index contributed by atoms with van der Waals surface area (Å²) in [6.45, 7) is 1.90. The van der Waals surface area contributed by atoms with Crippen molar-refractivity contribution in [3.63, 3.8) is 0 Å². The second-order valence-electron chi connectivity index (χ2n) is 4.66. The molecule has 0 saturated carbocycles. The van der Waals surface area contributed by atoms with Crippen LogP contribution in [0.1, 0.15) is 28.3 Å². The van der Waals surface area contributed by atoms with Crippen molar-refractivity contribution in [3.05, 3.63) is 63.4 Å². The number of hydrogen-bond donors (Lipinski definition) is 1. The Labute approximate surface area is 129 Å². The van der Waals surface area contributed by atoms with Crippen LogP contribution in [0.4, 0.5) is 13.2 Å². The summed E-state index contributed by atoms with van der Waals surface area (Å²) in [6, 6.07) is 5.93. The van der Waals surface area contributed by atoms with Gasteiger partial charge in [0.25, 0.3) is 0 Å². The number of benzene rings is 1. The molecular weight excluding hydrogens is 345 g/mol. The predicted molar refractivity (Wildman–Crippen MR) is 79.0 cm³/mol. The minimum absolute atomic E-state index is 0.110. The van der Waals surface area contributed by atoms with Gasteiger partial charge in [0.2, 0.25) is 0 Å².